The number of fused-ring (bicyclic) bond motifs is 1. The zero-order chi connectivity index (χ0) is 8.13. The summed E-state index contributed by atoms with van der Waals surface area (Å²) in [5.41, 5.74) is 0. The molecule has 0 spiro atoms. The topological polar surface area (TPSA) is 0 Å². The van der Waals surface area contributed by atoms with Crippen LogP contribution in [-0.4, -0.2) is 0 Å². The highest BCUT2D eigenvalue weighted by Gasteiger charge is 2.61. The van der Waals surface area contributed by atoms with Crippen molar-refractivity contribution >= 4 is 0 Å². The maximum Gasteiger partial charge on any atom is -0.0321 e. The fourth-order valence-electron chi connectivity index (χ4n) is 4.41. The third-order valence-corrected chi connectivity index (χ3v) is 4.81. The number of hydrogen-bond donors (Lipinski definition) is 0. The van der Waals surface area contributed by atoms with Gasteiger partial charge in [0.1, 0.15) is 0 Å². The summed E-state index contributed by atoms with van der Waals surface area (Å²) in [7, 11) is 0. The Morgan fingerprint density at radius 3 is 2.75 bits per heavy atom. The number of rotatable bonds is 2. The highest BCUT2D eigenvalue weighted by molar-refractivity contribution is 5.10. The molecule has 0 bridgehead atoms. The van der Waals surface area contributed by atoms with Gasteiger partial charge in [0.2, 0.25) is 0 Å². The lowest BCUT2D eigenvalue weighted by Crippen LogP contribution is -2.18. The molecule has 3 aliphatic carbocycles. The van der Waals surface area contributed by atoms with E-state index in [9.17, 15) is 0 Å². The highest BCUT2D eigenvalue weighted by atomic mass is 14.7. The quantitative estimate of drug-likeness (QED) is 0.586. The van der Waals surface area contributed by atoms with Gasteiger partial charge in [-0.1, -0.05) is 26.2 Å². The summed E-state index contributed by atoms with van der Waals surface area (Å²) in [5, 5.41) is 0. The molecule has 0 aromatic rings. The second-order valence-electron chi connectivity index (χ2n) is 5.28. The average molecular weight is 164 g/mol. The van der Waals surface area contributed by atoms with Crippen LogP contribution in [-0.2, 0) is 0 Å². The Balaban J connectivity index is 1.71. The maximum absolute atomic E-state index is 2.35. The standard InChI is InChI=1S/C12H20/c1-2-4-8-7-11-10-6-3-5-9(8)12(10)11/h8-12H,2-7H2,1H3. The van der Waals surface area contributed by atoms with Gasteiger partial charge < -0.3 is 0 Å². The van der Waals surface area contributed by atoms with E-state index in [0.29, 0.717) is 0 Å². The first-order chi connectivity index (χ1) is 5.92. The van der Waals surface area contributed by atoms with Gasteiger partial charge in [0.15, 0.2) is 0 Å². The van der Waals surface area contributed by atoms with E-state index in [0.717, 1.165) is 5.92 Å². The smallest absolute Gasteiger partial charge is 0.0321 e. The summed E-state index contributed by atoms with van der Waals surface area (Å²) in [6.45, 7) is 2.35. The Morgan fingerprint density at radius 1 is 1.08 bits per heavy atom. The fourth-order valence-corrected chi connectivity index (χ4v) is 4.41. The molecule has 0 heteroatoms. The van der Waals surface area contributed by atoms with E-state index in [-0.39, 0.29) is 0 Å². The molecule has 5 atom stereocenters. The summed E-state index contributed by atoms with van der Waals surface area (Å²) in [5.74, 6) is 6.01. The van der Waals surface area contributed by atoms with Crippen molar-refractivity contribution in [2.75, 3.05) is 0 Å². The van der Waals surface area contributed by atoms with Gasteiger partial charge in [0.25, 0.3) is 0 Å². The molecule has 3 saturated carbocycles. The minimum absolute atomic E-state index is 1.15. The van der Waals surface area contributed by atoms with Crippen molar-refractivity contribution in [3.63, 3.8) is 0 Å². The second-order valence-corrected chi connectivity index (χ2v) is 5.28. The Labute approximate surface area is 75.7 Å². The van der Waals surface area contributed by atoms with Crippen molar-refractivity contribution in [2.24, 2.45) is 29.6 Å². The average Bonchev–Trinajstić information content (AvgIpc) is 2.64. The summed E-state index contributed by atoms with van der Waals surface area (Å²) < 4.78 is 0. The monoisotopic (exact) mass is 164 g/mol. The second kappa shape index (κ2) is 2.49. The van der Waals surface area contributed by atoms with Gasteiger partial charge in [-0.2, -0.15) is 0 Å². The van der Waals surface area contributed by atoms with Crippen LogP contribution in [0.4, 0.5) is 0 Å². The van der Waals surface area contributed by atoms with Crippen LogP contribution in [0.3, 0.4) is 0 Å². The molecule has 12 heavy (non-hydrogen) atoms. The van der Waals surface area contributed by atoms with Crippen molar-refractivity contribution in [2.45, 2.75) is 45.4 Å². The lowest BCUT2D eigenvalue weighted by Gasteiger charge is -2.27. The molecule has 0 N–H and O–H groups in total. The van der Waals surface area contributed by atoms with Crippen LogP contribution >= 0.6 is 0 Å². The zero-order valence-corrected chi connectivity index (χ0v) is 8.13. The molecule has 0 aliphatic heterocycles. The van der Waals surface area contributed by atoms with Crippen LogP contribution in [0.5, 0.6) is 0 Å². The molecule has 0 amide bonds. The van der Waals surface area contributed by atoms with Crippen LogP contribution in [0.15, 0.2) is 0 Å². The molecule has 3 aliphatic rings. The molecule has 3 fully saturated rings. The molecule has 3 rings (SSSR count). The largest absolute Gasteiger partial charge is 0.0654 e. The first kappa shape index (κ1) is 7.41. The molecule has 0 aromatic heterocycles. The molecule has 0 nitrogen and oxygen atoms in total. The van der Waals surface area contributed by atoms with Crippen molar-refractivity contribution in [1.29, 1.82) is 0 Å². The Hall–Kier alpha value is 0. The summed E-state index contributed by atoms with van der Waals surface area (Å²) in [6.07, 6.45) is 9.30. The van der Waals surface area contributed by atoms with E-state index < -0.39 is 0 Å². The summed E-state index contributed by atoms with van der Waals surface area (Å²) in [6, 6.07) is 0. The van der Waals surface area contributed by atoms with Crippen LogP contribution in [0.2, 0.25) is 0 Å². The maximum atomic E-state index is 2.35. The summed E-state index contributed by atoms with van der Waals surface area (Å²) >= 11 is 0. The van der Waals surface area contributed by atoms with E-state index in [4.69, 9.17) is 0 Å². The third kappa shape index (κ3) is 0.843. The number of hydrogen-bond acceptors (Lipinski definition) is 0. The minimum atomic E-state index is 1.15. The van der Waals surface area contributed by atoms with Gasteiger partial charge in [0.05, 0.1) is 0 Å². The van der Waals surface area contributed by atoms with Crippen LogP contribution < -0.4 is 0 Å². The van der Waals surface area contributed by atoms with Gasteiger partial charge in [-0.15, -0.1) is 0 Å². The molecule has 0 radical (unpaired) electrons. The van der Waals surface area contributed by atoms with Crippen molar-refractivity contribution in [1.82, 2.24) is 0 Å². The van der Waals surface area contributed by atoms with Gasteiger partial charge in [-0.05, 0) is 48.9 Å². The first-order valence-electron chi connectivity index (χ1n) is 5.92. The van der Waals surface area contributed by atoms with E-state index in [1.165, 1.54) is 36.5 Å². The van der Waals surface area contributed by atoms with E-state index in [1.54, 1.807) is 25.7 Å². The first-order valence-corrected chi connectivity index (χ1v) is 5.92. The van der Waals surface area contributed by atoms with Crippen molar-refractivity contribution in [3.8, 4) is 0 Å². The third-order valence-electron chi connectivity index (χ3n) is 4.81. The Kier molecular flexibility index (Phi) is 1.54. The summed E-state index contributed by atoms with van der Waals surface area (Å²) in [4.78, 5) is 0. The van der Waals surface area contributed by atoms with Crippen molar-refractivity contribution in [3.05, 3.63) is 0 Å². The molecule has 68 valence electrons. The van der Waals surface area contributed by atoms with E-state index in [2.05, 4.69) is 6.92 Å². The lowest BCUT2D eigenvalue weighted by atomic mass is 9.78. The molecular weight excluding hydrogens is 144 g/mol. The highest BCUT2D eigenvalue weighted by Crippen LogP contribution is 2.68. The van der Waals surface area contributed by atoms with Gasteiger partial charge in [-0.3, -0.25) is 0 Å². The van der Waals surface area contributed by atoms with Crippen molar-refractivity contribution < 1.29 is 0 Å². The van der Waals surface area contributed by atoms with E-state index >= 15 is 0 Å². The predicted octanol–water partition coefficient (Wildman–Crippen LogP) is 3.47. The van der Waals surface area contributed by atoms with E-state index in [1.807, 2.05) is 0 Å². The molecular formula is C12H20. The molecule has 0 aromatic carbocycles. The SMILES string of the molecule is CCCC1CC2C3CCCC1C32. The normalized spacial score (nSPS) is 55.2. The van der Waals surface area contributed by atoms with Crippen LogP contribution in [0, 0.1) is 29.6 Å². The van der Waals surface area contributed by atoms with Crippen LogP contribution in [0.1, 0.15) is 45.4 Å². The predicted molar refractivity (Wildman–Crippen MR) is 50.8 cm³/mol. The Morgan fingerprint density at radius 2 is 1.92 bits per heavy atom. The van der Waals surface area contributed by atoms with Crippen LogP contribution in [0.25, 0.3) is 0 Å². The molecule has 0 saturated heterocycles. The zero-order valence-electron chi connectivity index (χ0n) is 8.13. The molecule has 5 unspecified atom stereocenters. The fraction of sp³-hybridized carbons (Fsp3) is 1.00. The molecule has 0 heterocycles. The lowest BCUT2D eigenvalue weighted by molar-refractivity contribution is 0.227. The minimum Gasteiger partial charge on any atom is -0.0654 e. The van der Waals surface area contributed by atoms with Gasteiger partial charge >= 0.3 is 0 Å². The van der Waals surface area contributed by atoms with Gasteiger partial charge in [-0.25, -0.2) is 0 Å². The Bertz CT molecular complexity index is 184. The van der Waals surface area contributed by atoms with Gasteiger partial charge in [0, 0.05) is 0 Å².